The monoisotopic (exact) mass is 225 g/mol. The Morgan fingerprint density at radius 3 is 2.13 bits per heavy atom. The van der Waals surface area contributed by atoms with E-state index >= 15 is 0 Å². The Morgan fingerprint density at radius 2 is 1.73 bits per heavy atom. The van der Waals surface area contributed by atoms with Crippen LogP contribution in [-0.2, 0) is 15.6 Å². The molecule has 0 aromatic heterocycles. The molecule has 2 nitrogen and oxygen atoms in total. The predicted molar refractivity (Wildman–Crippen MR) is 64.5 cm³/mol. The van der Waals surface area contributed by atoms with E-state index < -0.39 is 0 Å². The van der Waals surface area contributed by atoms with Crippen LogP contribution in [0.2, 0.25) is 0 Å². The van der Waals surface area contributed by atoms with Crippen LogP contribution in [0, 0.1) is 0 Å². The Kier molecular flexibility index (Phi) is 4.21. The smallest absolute Gasteiger partial charge is 0.338 e. The van der Waals surface area contributed by atoms with Crippen LogP contribution in [0.3, 0.4) is 0 Å². The number of benzene rings is 1. The van der Waals surface area contributed by atoms with Gasteiger partial charge in [-0.05, 0) is 38.1 Å². The first-order chi connectivity index (χ1) is 7.00. The van der Waals surface area contributed by atoms with Gasteiger partial charge in [-0.3, -0.25) is 0 Å². The SMILES string of the molecule is CC(C)OC(=O)c1ccc([S+](C)C)cc1. The molecule has 0 radical (unpaired) electrons. The summed E-state index contributed by atoms with van der Waals surface area (Å²) >= 11 is 0. The van der Waals surface area contributed by atoms with Gasteiger partial charge in [0, 0.05) is 10.9 Å². The van der Waals surface area contributed by atoms with Gasteiger partial charge in [-0.15, -0.1) is 0 Å². The van der Waals surface area contributed by atoms with Gasteiger partial charge in [-0.1, -0.05) is 0 Å². The number of esters is 1. The quantitative estimate of drug-likeness (QED) is 0.583. The number of hydrogen-bond acceptors (Lipinski definition) is 2. The van der Waals surface area contributed by atoms with Gasteiger partial charge in [0.25, 0.3) is 0 Å². The summed E-state index contributed by atoms with van der Waals surface area (Å²) in [6, 6.07) is 7.63. The molecule has 0 spiro atoms. The molecule has 0 aliphatic heterocycles. The van der Waals surface area contributed by atoms with E-state index in [2.05, 4.69) is 12.5 Å². The third-order valence-electron chi connectivity index (χ3n) is 1.90. The Labute approximate surface area is 94.0 Å². The van der Waals surface area contributed by atoms with Crippen molar-refractivity contribution in [1.82, 2.24) is 0 Å². The second kappa shape index (κ2) is 5.21. The molecule has 1 aromatic carbocycles. The normalized spacial score (nSPS) is 10.8. The molecule has 1 rings (SSSR count). The zero-order valence-electron chi connectivity index (χ0n) is 9.61. The minimum Gasteiger partial charge on any atom is -0.459 e. The summed E-state index contributed by atoms with van der Waals surface area (Å²) in [6.07, 6.45) is 4.24. The lowest BCUT2D eigenvalue weighted by Crippen LogP contribution is -2.11. The van der Waals surface area contributed by atoms with Crippen molar-refractivity contribution in [2.75, 3.05) is 12.5 Å². The molecule has 0 amide bonds. The second-order valence-corrected chi connectivity index (χ2v) is 5.90. The summed E-state index contributed by atoms with van der Waals surface area (Å²) in [5, 5.41) is 0. The average molecular weight is 225 g/mol. The van der Waals surface area contributed by atoms with E-state index in [1.54, 1.807) is 0 Å². The van der Waals surface area contributed by atoms with Crippen LogP contribution in [0.15, 0.2) is 29.2 Å². The van der Waals surface area contributed by atoms with E-state index in [-0.39, 0.29) is 23.0 Å². The van der Waals surface area contributed by atoms with Crippen LogP contribution < -0.4 is 0 Å². The van der Waals surface area contributed by atoms with Gasteiger partial charge in [0.05, 0.1) is 11.7 Å². The van der Waals surface area contributed by atoms with Crippen molar-refractivity contribution in [3.05, 3.63) is 29.8 Å². The predicted octanol–water partition coefficient (Wildman–Crippen LogP) is 2.49. The maximum absolute atomic E-state index is 11.5. The topological polar surface area (TPSA) is 26.3 Å². The molecule has 3 heteroatoms. The van der Waals surface area contributed by atoms with Crippen molar-refractivity contribution < 1.29 is 9.53 Å². The number of rotatable bonds is 3. The number of ether oxygens (including phenoxy) is 1. The highest BCUT2D eigenvalue weighted by molar-refractivity contribution is 7.95. The largest absolute Gasteiger partial charge is 0.459 e. The van der Waals surface area contributed by atoms with Crippen molar-refractivity contribution >= 4 is 16.9 Å². The second-order valence-electron chi connectivity index (χ2n) is 3.79. The third-order valence-corrected chi connectivity index (χ3v) is 3.12. The maximum Gasteiger partial charge on any atom is 0.338 e. The molecular weight excluding hydrogens is 208 g/mol. The summed E-state index contributed by atoms with van der Waals surface area (Å²) in [4.78, 5) is 12.8. The van der Waals surface area contributed by atoms with Crippen LogP contribution in [0.4, 0.5) is 0 Å². The molecule has 82 valence electrons. The molecule has 0 saturated heterocycles. The standard InChI is InChI=1S/C12H17O2S/c1-9(2)14-12(13)10-5-7-11(8-6-10)15(3)4/h5-9H,1-4H3/q+1. The van der Waals surface area contributed by atoms with Gasteiger partial charge < -0.3 is 4.74 Å². The Hall–Kier alpha value is -0.960. The minimum atomic E-state index is -0.247. The van der Waals surface area contributed by atoms with Gasteiger partial charge in [0.1, 0.15) is 12.5 Å². The van der Waals surface area contributed by atoms with Gasteiger partial charge in [-0.25, -0.2) is 4.79 Å². The fourth-order valence-corrected chi connectivity index (χ4v) is 1.83. The summed E-state index contributed by atoms with van der Waals surface area (Å²) < 4.78 is 5.10. The first kappa shape index (κ1) is 12.1. The molecule has 15 heavy (non-hydrogen) atoms. The van der Waals surface area contributed by atoms with Crippen LogP contribution in [0.25, 0.3) is 0 Å². The summed E-state index contributed by atoms with van der Waals surface area (Å²) in [7, 11) is 0.237. The summed E-state index contributed by atoms with van der Waals surface area (Å²) in [6.45, 7) is 3.70. The van der Waals surface area contributed by atoms with E-state index in [4.69, 9.17) is 4.74 Å². The fraction of sp³-hybridized carbons (Fsp3) is 0.417. The Bertz CT molecular complexity index is 328. The zero-order chi connectivity index (χ0) is 11.4. The fourth-order valence-electron chi connectivity index (χ4n) is 1.15. The van der Waals surface area contributed by atoms with E-state index in [1.165, 1.54) is 4.90 Å². The van der Waals surface area contributed by atoms with Crippen molar-refractivity contribution in [1.29, 1.82) is 0 Å². The molecule has 0 aliphatic rings. The van der Waals surface area contributed by atoms with Crippen molar-refractivity contribution in [2.24, 2.45) is 0 Å². The van der Waals surface area contributed by atoms with Gasteiger partial charge in [0.15, 0.2) is 4.90 Å². The molecule has 1 aromatic rings. The molecule has 0 bridgehead atoms. The molecule has 0 unspecified atom stereocenters. The number of hydrogen-bond donors (Lipinski definition) is 0. The van der Waals surface area contributed by atoms with Crippen molar-refractivity contribution in [3.63, 3.8) is 0 Å². The lowest BCUT2D eigenvalue weighted by atomic mass is 10.2. The van der Waals surface area contributed by atoms with Crippen molar-refractivity contribution in [3.8, 4) is 0 Å². The van der Waals surface area contributed by atoms with E-state index in [1.807, 2.05) is 38.1 Å². The molecular formula is C12H17O2S+. The molecule has 0 fully saturated rings. The van der Waals surface area contributed by atoms with E-state index in [9.17, 15) is 4.79 Å². The third kappa shape index (κ3) is 3.59. The maximum atomic E-state index is 11.5. The van der Waals surface area contributed by atoms with E-state index in [0.717, 1.165) is 0 Å². The lowest BCUT2D eigenvalue weighted by molar-refractivity contribution is 0.0378. The van der Waals surface area contributed by atoms with Crippen LogP contribution in [-0.4, -0.2) is 24.6 Å². The van der Waals surface area contributed by atoms with Gasteiger partial charge in [-0.2, -0.15) is 0 Å². The van der Waals surface area contributed by atoms with Gasteiger partial charge in [0.2, 0.25) is 0 Å². The van der Waals surface area contributed by atoms with Crippen molar-refractivity contribution in [2.45, 2.75) is 24.8 Å². The van der Waals surface area contributed by atoms with E-state index in [0.29, 0.717) is 5.56 Å². The van der Waals surface area contributed by atoms with Crippen LogP contribution in [0.1, 0.15) is 24.2 Å². The molecule has 0 atom stereocenters. The lowest BCUT2D eigenvalue weighted by Gasteiger charge is -2.07. The number of carbonyl (C=O) groups is 1. The molecule has 0 aliphatic carbocycles. The molecule has 0 N–H and O–H groups in total. The van der Waals surface area contributed by atoms with Crippen LogP contribution in [0.5, 0.6) is 0 Å². The highest BCUT2D eigenvalue weighted by atomic mass is 32.2. The Balaban J connectivity index is 2.75. The number of carbonyl (C=O) groups excluding carboxylic acids is 1. The highest BCUT2D eigenvalue weighted by Gasteiger charge is 2.12. The average Bonchev–Trinajstić information content (AvgIpc) is 2.17. The first-order valence-electron chi connectivity index (χ1n) is 4.89. The summed E-state index contributed by atoms with van der Waals surface area (Å²) in [5.74, 6) is -0.247. The summed E-state index contributed by atoms with van der Waals surface area (Å²) in [5.41, 5.74) is 0.623. The molecule has 0 heterocycles. The first-order valence-corrected chi connectivity index (χ1v) is 6.93. The van der Waals surface area contributed by atoms with Gasteiger partial charge >= 0.3 is 5.97 Å². The van der Waals surface area contributed by atoms with Crippen LogP contribution >= 0.6 is 0 Å². The zero-order valence-corrected chi connectivity index (χ0v) is 10.4. The molecule has 0 saturated carbocycles. The Morgan fingerprint density at radius 1 is 1.20 bits per heavy atom. The minimum absolute atomic E-state index is 0.0656. The highest BCUT2D eigenvalue weighted by Crippen LogP contribution is 2.11.